The Hall–Kier alpha value is -3.11. The second-order valence-corrected chi connectivity index (χ2v) is 8.24. The third-order valence-corrected chi connectivity index (χ3v) is 5.95. The van der Waals surface area contributed by atoms with Crippen molar-refractivity contribution in [2.75, 3.05) is 21.3 Å². The lowest BCUT2D eigenvalue weighted by atomic mass is 10.1. The van der Waals surface area contributed by atoms with Crippen LogP contribution in [0, 0.1) is 6.92 Å². The van der Waals surface area contributed by atoms with Crippen molar-refractivity contribution < 1.29 is 27.2 Å². The van der Waals surface area contributed by atoms with Crippen LogP contribution in [0.5, 0.6) is 17.2 Å². The van der Waals surface area contributed by atoms with E-state index >= 15 is 0 Å². The van der Waals surface area contributed by atoms with Crippen LogP contribution in [0.1, 0.15) is 24.4 Å². The summed E-state index contributed by atoms with van der Waals surface area (Å²) in [5.74, 6) is 1.68. The molecule has 0 bridgehead atoms. The number of methoxy groups -OCH3 is 3. The summed E-state index contributed by atoms with van der Waals surface area (Å²) in [6.45, 7) is 3.51. The predicted molar refractivity (Wildman–Crippen MR) is 109 cm³/mol. The Balaban J connectivity index is 1.86. The van der Waals surface area contributed by atoms with Gasteiger partial charge in [0.2, 0.25) is 27.5 Å². The molecule has 0 amide bonds. The number of nitrogens with zero attached hydrogens (tertiary/aromatic N) is 2. The molecule has 1 atom stereocenters. The first-order valence-electron chi connectivity index (χ1n) is 9.02. The van der Waals surface area contributed by atoms with Crippen LogP contribution in [0.4, 0.5) is 0 Å². The largest absolute Gasteiger partial charge is 0.493 e. The zero-order valence-electron chi connectivity index (χ0n) is 17.3. The molecule has 0 fully saturated rings. The predicted octanol–water partition coefficient (Wildman–Crippen LogP) is 3.11. The van der Waals surface area contributed by atoms with Crippen molar-refractivity contribution in [2.24, 2.45) is 0 Å². The van der Waals surface area contributed by atoms with Crippen molar-refractivity contribution in [1.82, 2.24) is 14.9 Å². The van der Waals surface area contributed by atoms with Crippen LogP contribution in [0.3, 0.4) is 0 Å². The molecule has 2 aromatic carbocycles. The summed E-state index contributed by atoms with van der Waals surface area (Å²) in [5.41, 5.74) is 1.53. The second-order valence-electron chi connectivity index (χ2n) is 6.53. The molecule has 0 aliphatic carbocycles. The van der Waals surface area contributed by atoms with Crippen molar-refractivity contribution in [3.8, 4) is 28.6 Å². The van der Waals surface area contributed by atoms with Gasteiger partial charge in [0.25, 0.3) is 0 Å². The van der Waals surface area contributed by atoms with Gasteiger partial charge in [-0.25, -0.2) is 8.42 Å². The van der Waals surface area contributed by atoms with Crippen molar-refractivity contribution in [3.05, 3.63) is 47.9 Å². The van der Waals surface area contributed by atoms with Gasteiger partial charge in [-0.3, -0.25) is 0 Å². The van der Waals surface area contributed by atoms with Gasteiger partial charge < -0.3 is 18.7 Å². The zero-order chi connectivity index (χ0) is 21.9. The summed E-state index contributed by atoms with van der Waals surface area (Å²) in [6.07, 6.45) is 0. The monoisotopic (exact) mass is 433 g/mol. The molecule has 1 unspecified atom stereocenters. The standard InChI is InChI=1S/C20H23N3O6S/c1-12-6-8-15(9-7-12)30(24,25)23-13(2)20-21-19(22-29-20)14-10-16(26-3)18(28-5)17(11-14)27-4/h6-11,13,23H,1-5H3. The molecule has 1 N–H and O–H groups in total. The van der Waals surface area contributed by atoms with Crippen LogP contribution in [-0.2, 0) is 10.0 Å². The molecule has 1 aromatic heterocycles. The van der Waals surface area contributed by atoms with E-state index in [4.69, 9.17) is 18.7 Å². The van der Waals surface area contributed by atoms with E-state index in [0.29, 0.717) is 22.8 Å². The molecule has 0 saturated carbocycles. The quantitative estimate of drug-likeness (QED) is 0.577. The van der Waals surface area contributed by atoms with Crippen molar-refractivity contribution in [1.29, 1.82) is 0 Å². The van der Waals surface area contributed by atoms with Gasteiger partial charge in [-0.2, -0.15) is 9.71 Å². The number of nitrogens with one attached hydrogen (secondary N) is 1. The maximum absolute atomic E-state index is 12.6. The van der Waals surface area contributed by atoms with E-state index in [1.807, 2.05) is 6.92 Å². The Kier molecular flexibility index (Phi) is 6.28. The molecule has 1 heterocycles. The highest BCUT2D eigenvalue weighted by molar-refractivity contribution is 7.89. The van der Waals surface area contributed by atoms with Crippen molar-refractivity contribution in [2.45, 2.75) is 24.8 Å². The van der Waals surface area contributed by atoms with E-state index in [2.05, 4.69) is 14.9 Å². The number of hydrogen-bond acceptors (Lipinski definition) is 8. The third-order valence-electron chi connectivity index (χ3n) is 4.40. The molecule has 9 nitrogen and oxygen atoms in total. The van der Waals surface area contributed by atoms with Gasteiger partial charge in [0.15, 0.2) is 11.5 Å². The van der Waals surface area contributed by atoms with E-state index in [9.17, 15) is 8.42 Å². The molecule has 0 saturated heterocycles. The van der Waals surface area contributed by atoms with Crippen LogP contribution >= 0.6 is 0 Å². The molecule has 0 aliphatic heterocycles. The molecular weight excluding hydrogens is 410 g/mol. The smallest absolute Gasteiger partial charge is 0.244 e. The molecule has 10 heteroatoms. The number of rotatable bonds is 8. The molecule has 0 aliphatic rings. The van der Waals surface area contributed by atoms with Crippen LogP contribution < -0.4 is 18.9 Å². The molecule has 0 radical (unpaired) electrons. The maximum Gasteiger partial charge on any atom is 0.244 e. The van der Waals surface area contributed by atoms with E-state index < -0.39 is 16.1 Å². The number of sulfonamides is 1. The number of ether oxygens (including phenoxy) is 3. The first kappa shape index (κ1) is 21.6. The molecule has 0 spiro atoms. The molecule has 3 aromatic rings. The number of benzene rings is 2. The van der Waals surface area contributed by atoms with Crippen LogP contribution in [0.2, 0.25) is 0 Å². The Morgan fingerprint density at radius 2 is 1.60 bits per heavy atom. The van der Waals surface area contributed by atoms with Crippen molar-refractivity contribution >= 4 is 10.0 Å². The highest BCUT2D eigenvalue weighted by atomic mass is 32.2. The Labute approximate surface area is 175 Å². The van der Waals surface area contributed by atoms with Gasteiger partial charge in [-0.15, -0.1) is 0 Å². The summed E-state index contributed by atoms with van der Waals surface area (Å²) in [4.78, 5) is 4.48. The summed E-state index contributed by atoms with van der Waals surface area (Å²) in [7, 11) is 0.773. The maximum atomic E-state index is 12.6. The summed E-state index contributed by atoms with van der Waals surface area (Å²) >= 11 is 0. The number of aryl methyl sites for hydroxylation is 1. The van der Waals surface area contributed by atoms with E-state index in [-0.39, 0.29) is 16.6 Å². The normalized spacial score (nSPS) is 12.4. The number of hydrogen-bond donors (Lipinski definition) is 1. The van der Waals surface area contributed by atoms with Crippen LogP contribution in [-0.4, -0.2) is 39.9 Å². The fraction of sp³-hybridized carbons (Fsp3) is 0.300. The average molecular weight is 433 g/mol. The fourth-order valence-corrected chi connectivity index (χ4v) is 4.00. The highest BCUT2D eigenvalue weighted by Gasteiger charge is 2.23. The third kappa shape index (κ3) is 4.39. The number of aromatic nitrogens is 2. The van der Waals surface area contributed by atoms with Gasteiger partial charge in [0.05, 0.1) is 32.3 Å². The average Bonchev–Trinajstić information content (AvgIpc) is 3.23. The minimum atomic E-state index is -3.74. The summed E-state index contributed by atoms with van der Waals surface area (Å²) < 4.78 is 49.0. The molecule has 160 valence electrons. The second kappa shape index (κ2) is 8.72. The molecule has 3 rings (SSSR count). The highest BCUT2D eigenvalue weighted by Crippen LogP contribution is 2.40. The van der Waals surface area contributed by atoms with E-state index in [0.717, 1.165) is 5.56 Å². The lowest BCUT2D eigenvalue weighted by molar-refractivity contribution is 0.324. The topological polar surface area (TPSA) is 113 Å². The van der Waals surface area contributed by atoms with E-state index in [1.165, 1.54) is 21.3 Å². The fourth-order valence-electron chi connectivity index (χ4n) is 2.81. The van der Waals surface area contributed by atoms with Gasteiger partial charge in [0.1, 0.15) is 0 Å². The molecular formula is C20H23N3O6S. The SMILES string of the molecule is COc1cc(-c2noc(C(C)NS(=O)(=O)c3ccc(C)cc3)n2)cc(OC)c1OC. The Bertz CT molecular complexity index is 1100. The lowest BCUT2D eigenvalue weighted by Crippen LogP contribution is -2.27. The minimum Gasteiger partial charge on any atom is -0.493 e. The Morgan fingerprint density at radius 1 is 1.00 bits per heavy atom. The van der Waals surface area contributed by atoms with Gasteiger partial charge in [0, 0.05) is 5.56 Å². The zero-order valence-corrected chi connectivity index (χ0v) is 18.1. The van der Waals surface area contributed by atoms with Gasteiger partial charge >= 0.3 is 0 Å². The first-order valence-corrected chi connectivity index (χ1v) is 10.5. The van der Waals surface area contributed by atoms with Crippen LogP contribution in [0.15, 0.2) is 45.8 Å². The van der Waals surface area contributed by atoms with Gasteiger partial charge in [-0.05, 0) is 38.1 Å². The first-order chi connectivity index (χ1) is 14.3. The van der Waals surface area contributed by atoms with E-state index in [1.54, 1.807) is 43.3 Å². The van der Waals surface area contributed by atoms with Crippen LogP contribution in [0.25, 0.3) is 11.4 Å². The summed E-state index contributed by atoms with van der Waals surface area (Å²) in [6, 6.07) is 9.16. The lowest BCUT2D eigenvalue weighted by Gasteiger charge is -2.12. The Morgan fingerprint density at radius 3 is 2.13 bits per heavy atom. The van der Waals surface area contributed by atoms with Gasteiger partial charge in [-0.1, -0.05) is 22.9 Å². The van der Waals surface area contributed by atoms with Crippen molar-refractivity contribution in [3.63, 3.8) is 0 Å². The minimum absolute atomic E-state index is 0.120. The molecule has 30 heavy (non-hydrogen) atoms. The summed E-state index contributed by atoms with van der Waals surface area (Å²) in [5, 5.41) is 3.96.